The van der Waals surface area contributed by atoms with Crippen LogP contribution in [0.25, 0.3) is 16.6 Å². The molecule has 1 amide bonds. The average Bonchev–Trinajstić information content (AvgIpc) is 3.04. The highest BCUT2D eigenvalue weighted by Gasteiger charge is 2.39. The van der Waals surface area contributed by atoms with E-state index in [1.54, 1.807) is 73.7 Å². The molecule has 0 radical (unpaired) electrons. The highest BCUT2D eigenvalue weighted by Crippen LogP contribution is 2.38. The molecule has 0 spiro atoms. The maximum atomic E-state index is 14.2. The number of hydrogen-bond acceptors (Lipinski definition) is 3. The average molecular weight is 638 g/mol. The Balaban J connectivity index is 1.76. The fourth-order valence-corrected chi connectivity index (χ4v) is 5.39. The molecule has 0 bridgehead atoms. The van der Waals surface area contributed by atoms with E-state index >= 15 is 0 Å². The number of benzene rings is 4. The van der Waals surface area contributed by atoms with E-state index in [0.717, 1.165) is 12.0 Å². The Morgan fingerprint density at radius 3 is 1.93 bits per heavy atom. The van der Waals surface area contributed by atoms with Crippen LogP contribution in [0.4, 0.5) is 26.3 Å². The summed E-state index contributed by atoms with van der Waals surface area (Å²) in [6, 6.07) is 22.1. The van der Waals surface area contributed by atoms with Gasteiger partial charge in [-0.05, 0) is 66.4 Å². The zero-order valence-corrected chi connectivity index (χ0v) is 24.9. The number of alkyl halides is 6. The molecule has 5 aromatic rings. The first-order valence-corrected chi connectivity index (χ1v) is 14.6. The van der Waals surface area contributed by atoms with Gasteiger partial charge < -0.3 is 4.90 Å². The van der Waals surface area contributed by atoms with Crippen molar-refractivity contribution in [3.63, 3.8) is 0 Å². The lowest BCUT2D eigenvalue weighted by Gasteiger charge is -2.33. The van der Waals surface area contributed by atoms with Gasteiger partial charge in [0.1, 0.15) is 5.82 Å². The minimum absolute atomic E-state index is 0.0157. The predicted octanol–water partition coefficient (Wildman–Crippen LogP) is 8.78. The van der Waals surface area contributed by atoms with Crippen molar-refractivity contribution in [1.82, 2.24) is 14.5 Å². The third-order valence-corrected chi connectivity index (χ3v) is 7.76. The van der Waals surface area contributed by atoms with E-state index in [9.17, 15) is 35.9 Å². The topological polar surface area (TPSA) is 55.2 Å². The van der Waals surface area contributed by atoms with Gasteiger partial charge in [0.15, 0.2) is 0 Å². The van der Waals surface area contributed by atoms with E-state index in [-0.39, 0.29) is 24.9 Å². The van der Waals surface area contributed by atoms with Crippen molar-refractivity contribution in [2.45, 2.75) is 51.6 Å². The summed E-state index contributed by atoms with van der Waals surface area (Å²) in [7, 11) is 0. The van der Waals surface area contributed by atoms with Crippen LogP contribution in [0, 0.1) is 0 Å². The highest BCUT2D eigenvalue weighted by atomic mass is 19.4. The number of hydrogen-bond donors (Lipinski definition) is 0. The van der Waals surface area contributed by atoms with E-state index < -0.39 is 46.6 Å². The number of halogens is 6. The minimum Gasteiger partial charge on any atom is -0.324 e. The number of fused-ring (bicyclic) bond motifs is 1. The predicted molar refractivity (Wildman–Crippen MR) is 163 cm³/mol. The van der Waals surface area contributed by atoms with Gasteiger partial charge in [-0.25, -0.2) is 4.98 Å². The number of aryl methyl sites for hydroxylation is 1. The molecule has 0 fully saturated rings. The zero-order chi connectivity index (χ0) is 33.2. The Morgan fingerprint density at radius 1 is 0.783 bits per heavy atom. The Labute approximate surface area is 260 Å². The molecule has 1 heterocycles. The van der Waals surface area contributed by atoms with Crippen molar-refractivity contribution in [3.05, 3.63) is 141 Å². The first-order chi connectivity index (χ1) is 21.8. The lowest BCUT2D eigenvalue weighted by Crippen LogP contribution is -2.38. The highest BCUT2D eigenvalue weighted by molar-refractivity contribution is 5.95. The summed E-state index contributed by atoms with van der Waals surface area (Å²) in [6.07, 6.45) is -9.42. The second kappa shape index (κ2) is 12.8. The van der Waals surface area contributed by atoms with Crippen molar-refractivity contribution in [2.75, 3.05) is 0 Å². The molecule has 238 valence electrons. The molecule has 0 saturated heterocycles. The van der Waals surface area contributed by atoms with Crippen LogP contribution in [-0.2, 0) is 25.3 Å². The van der Waals surface area contributed by atoms with Crippen molar-refractivity contribution < 1.29 is 31.1 Å². The summed E-state index contributed by atoms with van der Waals surface area (Å²) in [4.78, 5) is 34.2. The molecule has 1 unspecified atom stereocenters. The SMILES string of the molecule is CCc1ccc(-n2c(C(CC)N(Cc3ccccc3)C(=O)c3cc(C(F)(F)F)cc(C(F)(F)F)c3)nc3ccccc3c2=O)cc1. The third kappa shape index (κ3) is 6.68. The van der Waals surface area contributed by atoms with Gasteiger partial charge in [-0.15, -0.1) is 0 Å². The number of para-hydroxylation sites is 1. The second-order valence-corrected chi connectivity index (χ2v) is 10.8. The van der Waals surface area contributed by atoms with Crippen molar-refractivity contribution in [2.24, 2.45) is 0 Å². The smallest absolute Gasteiger partial charge is 0.324 e. The van der Waals surface area contributed by atoms with E-state index in [2.05, 4.69) is 0 Å². The molecule has 5 rings (SSSR count). The van der Waals surface area contributed by atoms with Gasteiger partial charge in [0.25, 0.3) is 11.5 Å². The monoisotopic (exact) mass is 637 g/mol. The third-order valence-electron chi connectivity index (χ3n) is 7.76. The van der Waals surface area contributed by atoms with Gasteiger partial charge in [0.2, 0.25) is 0 Å². The molecule has 0 aliphatic carbocycles. The molecule has 11 heteroatoms. The Morgan fingerprint density at radius 2 is 1.37 bits per heavy atom. The van der Waals surface area contributed by atoms with Crippen LogP contribution in [0.1, 0.15) is 64.7 Å². The Kier molecular flexibility index (Phi) is 9.05. The lowest BCUT2D eigenvalue weighted by molar-refractivity contribution is -0.143. The summed E-state index contributed by atoms with van der Waals surface area (Å²) >= 11 is 0. The molecule has 5 nitrogen and oxygen atoms in total. The van der Waals surface area contributed by atoms with Crippen LogP contribution in [0.15, 0.2) is 102 Å². The van der Waals surface area contributed by atoms with Gasteiger partial charge in [0, 0.05) is 12.1 Å². The van der Waals surface area contributed by atoms with E-state index in [4.69, 9.17) is 4.98 Å². The minimum atomic E-state index is -5.14. The van der Waals surface area contributed by atoms with Gasteiger partial charge in [-0.3, -0.25) is 14.2 Å². The summed E-state index contributed by atoms with van der Waals surface area (Å²) in [5.41, 5.74) is -2.09. The quantitative estimate of drug-likeness (QED) is 0.160. The molecule has 0 aliphatic heterocycles. The van der Waals surface area contributed by atoms with Gasteiger partial charge in [-0.2, -0.15) is 26.3 Å². The van der Waals surface area contributed by atoms with Gasteiger partial charge in [0.05, 0.1) is 33.8 Å². The number of carbonyl (C=O) groups is 1. The summed E-state index contributed by atoms with van der Waals surface area (Å²) < 4.78 is 84.1. The van der Waals surface area contributed by atoms with Crippen molar-refractivity contribution in [1.29, 1.82) is 0 Å². The molecule has 4 aromatic carbocycles. The summed E-state index contributed by atoms with van der Waals surface area (Å²) in [5, 5.41) is 0.300. The van der Waals surface area contributed by atoms with Crippen LogP contribution >= 0.6 is 0 Å². The second-order valence-electron chi connectivity index (χ2n) is 10.8. The number of rotatable bonds is 8. The van der Waals surface area contributed by atoms with Crippen LogP contribution in [-0.4, -0.2) is 20.4 Å². The molecular weight excluding hydrogens is 608 g/mol. The van der Waals surface area contributed by atoms with Gasteiger partial charge in [-0.1, -0.05) is 68.4 Å². The number of amides is 1. The maximum Gasteiger partial charge on any atom is 0.416 e. The summed E-state index contributed by atoms with van der Waals surface area (Å²) in [6.45, 7) is 3.49. The molecule has 1 aromatic heterocycles. The largest absolute Gasteiger partial charge is 0.416 e. The van der Waals surface area contributed by atoms with Crippen molar-refractivity contribution >= 4 is 16.8 Å². The zero-order valence-electron chi connectivity index (χ0n) is 24.9. The Hall–Kier alpha value is -4.93. The van der Waals surface area contributed by atoms with Crippen LogP contribution in [0.3, 0.4) is 0 Å². The standard InChI is InChI=1S/C35H29F6N3O2/c1-3-22-14-16-27(17-15-22)44-31(42-29-13-9-8-12-28(29)33(44)46)30(4-2)43(21-23-10-6-5-7-11-23)32(45)24-18-25(34(36,37)38)20-26(19-24)35(39,40)41/h5-20,30H,3-4,21H2,1-2H3. The van der Waals surface area contributed by atoms with Crippen LogP contribution in [0.5, 0.6) is 0 Å². The van der Waals surface area contributed by atoms with E-state index in [1.165, 1.54) is 9.47 Å². The molecule has 0 saturated carbocycles. The Bertz CT molecular complexity index is 1880. The van der Waals surface area contributed by atoms with Crippen molar-refractivity contribution in [3.8, 4) is 5.69 Å². The molecular formula is C35H29F6N3O2. The number of nitrogens with zero attached hydrogens (tertiary/aromatic N) is 3. The molecule has 0 aliphatic rings. The fourth-order valence-electron chi connectivity index (χ4n) is 5.39. The summed E-state index contributed by atoms with van der Waals surface area (Å²) in [5.74, 6) is -0.967. The molecule has 1 atom stereocenters. The molecule has 46 heavy (non-hydrogen) atoms. The molecule has 0 N–H and O–H groups in total. The first-order valence-electron chi connectivity index (χ1n) is 14.6. The van der Waals surface area contributed by atoms with Crippen LogP contribution < -0.4 is 5.56 Å². The van der Waals surface area contributed by atoms with E-state index in [1.807, 2.05) is 19.1 Å². The number of aromatic nitrogens is 2. The van der Waals surface area contributed by atoms with Crippen LogP contribution in [0.2, 0.25) is 0 Å². The lowest BCUT2D eigenvalue weighted by atomic mass is 10.0. The van der Waals surface area contributed by atoms with Gasteiger partial charge >= 0.3 is 12.4 Å². The van der Waals surface area contributed by atoms with E-state index in [0.29, 0.717) is 34.3 Å². The number of carbonyl (C=O) groups excluding carboxylic acids is 1. The fraction of sp³-hybridized carbons (Fsp3) is 0.229. The maximum absolute atomic E-state index is 14.2. The first kappa shape index (κ1) is 32.5. The normalized spacial score (nSPS) is 12.7.